The fourth-order valence-electron chi connectivity index (χ4n) is 2.99. The van der Waals surface area contributed by atoms with Gasteiger partial charge in [0.05, 0.1) is 27.2 Å². The fraction of sp³-hybridized carbons (Fsp3) is 0.130. The Hall–Kier alpha value is -2.05. The van der Waals surface area contributed by atoms with Crippen LogP contribution in [0.15, 0.2) is 63.8 Å². The number of thiophene rings is 1. The minimum Gasteiger partial charge on any atom is -0.281 e. The topological polar surface area (TPSA) is 32.7 Å². The Balaban J connectivity index is 1.73. The van der Waals surface area contributed by atoms with E-state index in [2.05, 4.69) is 6.07 Å². The molecule has 1 aliphatic heterocycles. The second-order valence-corrected chi connectivity index (χ2v) is 9.79. The molecule has 0 radical (unpaired) electrons. The van der Waals surface area contributed by atoms with E-state index in [1.165, 1.54) is 11.8 Å². The van der Waals surface area contributed by atoms with Crippen LogP contribution in [0.2, 0.25) is 10.0 Å². The molecular formula is C23H18Cl2N2OS2. The van der Waals surface area contributed by atoms with Crippen LogP contribution in [-0.4, -0.2) is 16.0 Å². The van der Waals surface area contributed by atoms with Crippen LogP contribution >= 0.6 is 46.3 Å². The van der Waals surface area contributed by atoms with Gasteiger partial charge in [0, 0.05) is 4.88 Å². The van der Waals surface area contributed by atoms with Crippen molar-refractivity contribution in [2.45, 2.75) is 20.4 Å². The monoisotopic (exact) mass is 472 g/mol. The van der Waals surface area contributed by atoms with E-state index in [4.69, 9.17) is 28.2 Å². The van der Waals surface area contributed by atoms with Gasteiger partial charge < -0.3 is 0 Å². The zero-order chi connectivity index (χ0) is 21.3. The first-order valence-electron chi connectivity index (χ1n) is 9.25. The highest BCUT2D eigenvalue weighted by molar-refractivity contribution is 8.18. The maximum Gasteiger partial charge on any atom is 0.267 e. The van der Waals surface area contributed by atoms with Crippen molar-refractivity contribution in [2.24, 2.45) is 4.99 Å². The lowest BCUT2D eigenvalue weighted by Crippen LogP contribution is -2.28. The largest absolute Gasteiger partial charge is 0.281 e. The van der Waals surface area contributed by atoms with Crippen LogP contribution in [0.4, 0.5) is 5.69 Å². The van der Waals surface area contributed by atoms with Crippen molar-refractivity contribution in [2.75, 3.05) is 0 Å². The highest BCUT2D eigenvalue weighted by atomic mass is 35.5. The molecule has 1 aromatic heterocycles. The van der Waals surface area contributed by atoms with E-state index < -0.39 is 0 Å². The van der Waals surface area contributed by atoms with Gasteiger partial charge in [-0.25, -0.2) is 4.99 Å². The van der Waals surface area contributed by atoms with Gasteiger partial charge in [-0.15, -0.1) is 11.3 Å². The highest BCUT2D eigenvalue weighted by Crippen LogP contribution is 2.37. The Morgan fingerprint density at radius 3 is 2.63 bits per heavy atom. The third-order valence-corrected chi connectivity index (χ3v) is 7.21. The summed E-state index contributed by atoms with van der Waals surface area (Å²) in [6, 6.07) is 15.5. The van der Waals surface area contributed by atoms with Gasteiger partial charge in [-0.2, -0.15) is 0 Å². The predicted molar refractivity (Wildman–Crippen MR) is 130 cm³/mol. The summed E-state index contributed by atoms with van der Waals surface area (Å²) in [5, 5.41) is 3.63. The Kier molecular flexibility index (Phi) is 6.34. The molecular weight excluding hydrogens is 455 g/mol. The first-order chi connectivity index (χ1) is 14.4. The van der Waals surface area contributed by atoms with Gasteiger partial charge in [-0.05, 0) is 78.0 Å². The third-order valence-electron chi connectivity index (χ3n) is 4.60. The van der Waals surface area contributed by atoms with Gasteiger partial charge in [0.2, 0.25) is 0 Å². The number of aliphatic imine (C=N–C) groups is 1. The van der Waals surface area contributed by atoms with Gasteiger partial charge in [0.25, 0.3) is 5.91 Å². The number of benzene rings is 2. The molecule has 3 aromatic rings. The van der Waals surface area contributed by atoms with Gasteiger partial charge in [0.15, 0.2) is 5.17 Å². The molecule has 3 nitrogen and oxygen atoms in total. The lowest BCUT2D eigenvalue weighted by Gasteiger charge is -2.15. The van der Waals surface area contributed by atoms with E-state index in [0.717, 1.165) is 27.3 Å². The number of carbonyl (C=O) groups excluding carboxylic acids is 1. The summed E-state index contributed by atoms with van der Waals surface area (Å²) in [6.07, 6.45) is 1.84. The van der Waals surface area contributed by atoms with E-state index in [1.807, 2.05) is 55.6 Å². The maximum atomic E-state index is 13.2. The molecule has 0 N–H and O–H groups in total. The van der Waals surface area contributed by atoms with Gasteiger partial charge in [-0.1, -0.05) is 47.5 Å². The molecule has 2 heterocycles. The predicted octanol–water partition coefficient (Wildman–Crippen LogP) is 7.48. The Morgan fingerprint density at radius 1 is 1.07 bits per heavy atom. The molecule has 1 aliphatic rings. The normalized spacial score (nSPS) is 16.8. The summed E-state index contributed by atoms with van der Waals surface area (Å²) in [7, 11) is 0. The molecule has 152 valence electrons. The zero-order valence-corrected chi connectivity index (χ0v) is 19.5. The smallest absolute Gasteiger partial charge is 0.267 e. The number of hydrogen-bond donors (Lipinski definition) is 0. The Bertz CT molecular complexity index is 1170. The third kappa shape index (κ3) is 4.65. The van der Waals surface area contributed by atoms with Gasteiger partial charge >= 0.3 is 0 Å². The Morgan fingerprint density at radius 2 is 1.90 bits per heavy atom. The summed E-state index contributed by atoms with van der Waals surface area (Å²) in [5.41, 5.74) is 3.89. The fourth-order valence-corrected chi connectivity index (χ4v) is 4.98. The van der Waals surface area contributed by atoms with Gasteiger partial charge in [-0.3, -0.25) is 9.69 Å². The minimum absolute atomic E-state index is 0.0662. The lowest BCUT2D eigenvalue weighted by molar-refractivity contribution is -0.122. The number of rotatable bonds is 4. The van der Waals surface area contributed by atoms with Crippen LogP contribution in [0.1, 0.15) is 21.6 Å². The highest BCUT2D eigenvalue weighted by Gasteiger charge is 2.33. The molecule has 7 heteroatoms. The maximum absolute atomic E-state index is 13.2. The number of halogens is 2. The summed E-state index contributed by atoms with van der Waals surface area (Å²) in [6.45, 7) is 4.55. The second kappa shape index (κ2) is 8.98. The number of nitrogens with zero attached hydrogens (tertiary/aromatic N) is 2. The van der Waals surface area contributed by atoms with Crippen LogP contribution in [-0.2, 0) is 11.3 Å². The lowest BCUT2D eigenvalue weighted by atomic mass is 10.1. The van der Waals surface area contributed by atoms with E-state index in [1.54, 1.807) is 28.4 Å². The van der Waals surface area contributed by atoms with Crippen molar-refractivity contribution in [3.63, 3.8) is 0 Å². The SMILES string of the molecule is Cc1ccc(C)c(N=C2S/C(=C\c3ccc(Cl)c(Cl)c3)C(=O)N2Cc2cccs2)c1. The van der Waals surface area contributed by atoms with E-state index >= 15 is 0 Å². The van der Waals surface area contributed by atoms with Crippen LogP contribution < -0.4 is 0 Å². The molecule has 0 unspecified atom stereocenters. The quantitative estimate of drug-likeness (QED) is 0.368. The first-order valence-corrected chi connectivity index (χ1v) is 11.7. The number of thioether (sulfide) groups is 1. The minimum atomic E-state index is -0.0662. The van der Waals surface area contributed by atoms with Crippen LogP contribution in [0.3, 0.4) is 0 Å². The number of aryl methyl sites for hydroxylation is 2. The molecule has 0 saturated carbocycles. The molecule has 0 aliphatic carbocycles. The second-order valence-electron chi connectivity index (χ2n) is 6.94. The average Bonchev–Trinajstić information content (AvgIpc) is 3.32. The van der Waals surface area contributed by atoms with Gasteiger partial charge in [0.1, 0.15) is 0 Å². The van der Waals surface area contributed by atoms with Crippen molar-refractivity contribution in [3.05, 3.63) is 90.4 Å². The first kappa shape index (κ1) is 21.2. The molecule has 30 heavy (non-hydrogen) atoms. The summed E-state index contributed by atoms with van der Waals surface area (Å²) < 4.78 is 0. The van der Waals surface area contributed by atoms with Crippen molar-refractivity contribution < 1.29 is 4.79 Å². The molecule has 2 aromatic carbocycles. The summed E-state index contributed by atoms with van der Waals surface area (Å²) >= 11 is 15.2. The van der Waals surface area contributed by atoms with Crippen molar-refractivity contribution in [1.82, 2.24) is 4.90 Å². The summed E-state index contributed by atoms with van der Waals surface area (Å²) in [5.74, 6) is -0.0662. The molecule has 0 bridgehead atoms. The molecule has 4 rings (SSSR count). The van der Waals surface area contributed by atoms with Crippen LogP contribution in [0.5, 0.6) is 0 Å². The average molecular weight is 473 g/mol. The zero-order valence-electron chi connectivity index (χ0n) is 16.4. The standard InChI is InChI=1S/C23H18Cl2N2OS2/c1-14-5-6-15(2)20(10-14)26-23-27(13-17-4-3-9-29-17)22(28)21(30-23)12-16-7-8-18(24)19(25)11-16/h3-12H,13H2,1-2H3/b21-12-,26-23?. The number of hydrogen-bond acceptors (Lipinski definition) is 4. The van der Waals surface area contributed by atoms with E-state index in [-0.39, 0.29) is 5.91 Å². The number of amides is 1. The Labute approximate surface area is 194 Å². The van der Waals surface area contributed by atoms with E-state index in [0.29, 0.717) is 26.7 Å². The summed E-state index contributed by atoms with van der Waals surface area (Å²) in [4.78, 5) is 21.5. The molecule has 0 spiro atoms. The number of amidine groups is 1. The van der Waals surface area contributed by atoms with Crippen molar-refractivity contribution in [3.8, 4) is 0 Å². The molecule has 1 amide bonds. The van der Waals surface area contributed by atoms with E-state index in [9.17, 15) is 4.79 Å². The molecule has 0 atom stereocenters. The van der Waals surface area contributed by atoms with Crippen LogP contribution in [0, 0.1) is 13.8 Å². The van der Waals surface area contributed by atoms with Crippen molar-refractivity contribution in [1.29, 1.82) is 0 Å². The molecule has 1 fully saturated rings. The number of carbonyl (C=O) groups is 1. The van der Waals surface area contributed by atoms with Crippen molar-refractivity contribution >= 4 is 69.1 Å². The molecule has 1 saturated heterocycles. The van der Waals surface area contributed by atoms with Crippen LogP contribution in [0.25, 0.3) is 6.08 Å².